The SMILES string of the molecule is CN1C(=O)C[C@H](C(=O)O)C12CCN(C(=O)c1cccc3ccccc13)CC2. The smallest absolute Gasteiger partial charge is 0.309 e. The Hall–Kier alpha value is -2.89. The first-order chi connectivity index (χ1) is 12.9. The predicted octanol–water partition coefficient (Wildman–Crippen LogP) is 2.38. The van der Waals surface area contributed by atoms with Crippen LogP contribution in [0.1, 0.15) is 29.6 Å². The summed E-state index contributed by atoms with van der Waals surface area (Å²) in [5, 5.41) is 11.5. The molecule has 2 aliphatic heterocycles. The lowest BCUT2D eigenvalue weighted by molar-refractivity contribution is -0.145. The Kier molecular flexibility index (Phi) is 4.13. The molecule has 2 amide bonds. The number of piperidine rings is 1. The summed E-state index contributed by atoms with van der Waals surface area (Å²) in [4.78, 5) is 40.3. The number of nitrogens with zero attached hydrogens (tertiary/aromatic N) is 2. The summed E-state index contributed by atoms with van der Waals surface area (Å²) in [5.41, 5.74) is -0.0203. The highest BCUT2D eigenvalue weighted by molar-refractivity contribution is 6.07. The summed E-state index contributed by atoms with van der Waals surface area (Å²) in [6.07, 6.45) is 1.02. The number of benzene rings is 2. The summed E-state index contributed by atoms with van der Waals surface area (Å²) in [6.45, 7) is 0.896. The minimum absolute atomic E-state index is 0.0412. The number of carbonyl (C=O) groups is 3. The van der Waals surface area contributed by atoms with Gasteiger partial charge in [0, 0.05) is 32.1 Å². The third-order valence-electron chi connectivity index (χ3n) is 6.30. The quantitative estimate of drug-likeness (QED) is 0.885. The molecule has 6 heteroatoms. The van der Waals surface area contributed by atoms with E-state index in [-0.39, 0.29) is 18.2 Å². The van der Waals surface area contributed by atoms with E-state index < -0.39 is 17.4 Å². The number of carbonyl (C=O) groups excluding carboxylic acids is 2. The van der Waals surface area contributed by atoms with Gasteiger partial charge in [0.1, 0.15) is 0 Å². The second-order valence-corrected chi connectivity index (χ2v) is 7.47. The highest BCUT2D eigenvalue weighted by Crippen LogP contribution is 2.43. The molecule has 4 rings (SSSR count). The van der Waals surface area contributed by atoms with Gasteiger partial charge in [-0.1, -0.05) is 36.4 Å². The molecule has 0 radical (unpaired) electrons. The number of fused-ring (bicyclic) bond motifs is 1. The molecule has 2 aromatic rings. The molecule has 140 valence electrons. The first-order valence-corrected chi connectivity index (χ1v) is 9.20. The molecule has 2 fully saturated rings. The molecule has 0 bridgehead atoms. The summed E-state index contributed by atoms with van der Waals surface area (Å²) >= 11 is 0. The van der Waals surface area contributed by atoms with Crippen LogP contribution in [0.25, 0.3) is 10.8 Å². The van der Waals surface area contributed by atoms with Gasteiger partial charge < -0.3 is 14.9 Å². The predicted molar refractivity (Wildman–Crippen MR) is 100 cm³/mol. The lowest BCUT2D eigenvalue weighted by Gasteiger charge is -2.45. The van der Waals surface area contributed by atoms with E-state index in [1.54, 1.807) is 16.8 Å². The first-order valence-electron chi connectivity index (χ1n) is 9.20. The molecule has 2 aliphatic rings. The molecule has 27 heavy (non-hydrogen) atoms. The zero-order chi connectivity index (χ0) is 19.2. The Morgan fingerprint density at radius 2 is 1.74 bits per heavy atom. The summed E-state index contributed by atoms with van der Waals surface area (Å²) < 4.78 is 0. The topological polar surface area (TPSA) is 77.9 Å². The van der Waals surface area contributed by atoms with Crippen LogP contribution < -0.4 is 0 Å². The van der Waals surface area contributed by atoms with E-state index in [2.05, 4.69) is 0 Å². The van der Waals surface area contributed by atoms with Gasteiger partial charge in [-0.2, -0.15) is 0 Å². The largest absolute Gasteiger partial charge is 0.481 e. The molecule has 0 unspecified atom stereocenters. The molecular weight excluding hydrogens is 344 g/mol. The van der Waals surface area contributed by atoms with Crippen molar-refractivity contribution in [2.75, 3.05) is 20.1 Å². The monoisotopic (exact) mass is 366 g/mol. The second-order valence-electron chi connectivity index (χ2n) is 7.47. The first kappa shape index (κ1) is 17.5. The van der Waals surface area contributed by atoms with Crippen molar-refractivity contribution >= 4 is 28.6 Å². The molecular formula is C21H22N2O4. The van der Waals surface area contributed by atoms with Crippen LogP contribution in [0.2, 0.25) is 0 Å². The van der Waals surface area contributed by atoms with E-state index >= 15 is 0 Å². The third kappa shape index (κ3) is 2.67. The molecule has 1 N–H and O–H groups in total. The van der Waals surface area contributed by atoms with E-state index in [9.17, 15) is 19.5 Å². The van der Waals surface area contributed by atoms with Crippen LogP contribution in [0, 0.1) is 5.92 Å². The molecule has 2 heterocycles. The van der Waals surface area contributed by atoms with Crippen molar-refractivity contribution in [3.8, 4) is 0 Å². The van der Waals surface area contributed by atoms with E-state index in [4.69, 9.17) is 0 Å². The molecule has 0 aliphatic carbocycles. The minimum atomic E-state index is -0.929. The van der Waals surface area contributed by atoms with Crippen LogP contribution in [0.15, 0.2) is 42.5 Å². The number of carboxylic acids is 1. The Bertz CT molecular complexity index is 925. The number of amides is 2. The lowest BCUT2D eigenvalue weighted by Crippen LogP contribution is -2.56. The summed E-state index contributed by atoms with van der Waals surface area (Å²) in [7, 11) is 1.69. The van der Waals surface area contributed by atoms with Crippen molar-refractivity contribution in [3.05, 3.63) is 48.0 Å². The Balaban J connectivity index is 1.58. The van der Waals surface area contributed by atoms with Crippen LogP contribution in [0.4, 0.5) is 0 Å². The van der Waals surface area contributed by atoms with E-state index in [1.165, 1.54) is 0 Å². The van der Waals surface area contributed by atoms with Gasteiger partial charge in [0.15, 0.2) is 0 Å². The van der Waals surface area contributed by atoms with Crippen molar-refractivity contribution < 1.29 is 19.5 Å². The Morgan fingerprint density at radius 1 is 1.07 bits per heavy atom. The fourth-order valence-electron chi connectivity index (χ4n) is 4.66. The van der Waals surface area contributed by atoms with Gasteiger partial charge in [0.25, 0.3) is 5.91 Å². The highest BCUT2D eigenvalue weighted by Gasteiger charge is 2.55. The van der Waals surface area contributed by atoms with E-state index in [0.29, 0.717) is 31.5 Å². The fraction of sp³-hybridized carbons (Fsp3) is 0.381. The number of carboxylic acid groups (broad SMARTS) is 1. The maximum Gasteiger partial charge on any atom is 0.309 e. The van der Waals surface area contributed by atoms with Crippen molar-refractivity contribution in [3.63, 3.8) is 0 Å². The lowest BCUT2D eigenvalue weighted by atomic mass is 9.77. The van der Waals surface area contributed by atoms with Gasteiger partial charge in [-0.05, 0) is 29.7 Å². The van der Waals surface area contributed by atoms with Crippen molar-refractivity contribution in [1.82, 2.24) is 9.80 Å². The average molecular weight is 366 g/mol. The average Bonchev–Trinajstić information content (AvgIpc) is 2.93. The number of likely N-dealkylation sites (tertiary alicyclic amines) is 2. The van der Waals surface area contributed by atoms with Gasteiger partial charge in [-0.15, -0.1) is 0 Å². The molecule has 2 aromatic carbocycles. The molecule has 0 saturated carbocycles. The standard InChI is InChI=1S/C21H22N2O4/c1-22-18(24)13-17(20(26)27)21(22)9-11-23(12-10-21)19(25)16-8-4-6-14-5-2-3-7-15(14)16/h2-8,17H,9-13H2,1H3,(H,26,27)/t17-/m1/s1. The van der Waals surface area contributed by atoms with Gasteiger partial charge >= 0.3 is 5.97 Å². The Morgan fingerprint density at radius 3 is 2.44 bits per heavy atom. The molecule has 1 spiro atoms. The summed E-state index contributed by atoms with van der Waals surface area (Å²) in [5.74, 6) is -1.80. The molecule has 2 saturated heterocycles. The van der Waals surface area contributed by atoms with Crippen LogP contribution in [-0.4, -0.2) is 58.4 Å². The number of hydrogen-bond acceptors (Lipinski definition) is 3. The van der Waals surface area contributed by atoms with E-state index in [0.717, 1.165) is 10.8 Å². The maximum absolute atomic E-state index is 13.1. The van der Waals surface area contributed by atoms with E-state index in [1.807, 2.05) is 42.5 Å². The van der Waals surface area contributed by atoms with Crippen LogP contribution in [-0.2, 0) is 9.59 Å². The van der Waals surface area contributed by atoms with Gasteiger partial charge in [-0.25, -0.2) is 0 Å². The zero-order valence-electron chi connectivity index (χ0n) is 15.2. The number of hydrogen-bond donors (Lipinski definition) is 1. The number of rotatable bonds is 2. The fourth-order valence-corrected chi connectivity index (χ4v) is 4.66. The van der Waals surface area contributed by atoms with Crippen LogP contribution in [0.3, 0.4) is 0 Å². The Labute approximate surface area is 157 Å². The second kappa shape index (κ2) is 6.37. The highest BCUT2D eigenvalue weighted by atomic mass is 16.4. The molecule has 6 nitrogen and oxygen atoms in total. The minimum Gasteiger partial charge on any atom is -0.481 e. The van der Waals surface area contributed by atoms with Crippen molar-refractivity contribution in [2.45, 2.75) is 24.8 Å². The van der Waals surface area contributed by atoms with Crippen molar-refractivity contribution in [2.24, 2.45) is 5.92 Å². The maximum atomic E-state index is 13.1. The van der Waals surface area contributed by atoms with Gasteiger partial charge in [0.05, 0.1) is 11.5 Å². The third-order valence-corrected chi connectivity index (χ3v) is 6.30. The van der Waals surface area contributed by atoms with Crippen molar-refractivity contribution in [1.29, 1.82) is 0 Å². The number of aliphatic carboxylic acids is 1. The summed E-state index contributed by atoms with van der Waals surface area (Å²) in [6, 6.07) is 13.5. The molecule has 1 atom stereocenters. The zero-order valence-corrected chi connectivity index (χ0v) is 15.2. The normalized spacial score (nSPS) is 21.8. The van der Waals surface area contributed by atoms with Crippen LogP contribution >= 0.6 is 0 Å². The van der Waals surface area contributed by atoms with Crippen LogP contribution in [0.5, 0.6) is 0 Å². The van der Waals surface area contributed by atoms with Gasteiger partial charge in [-0.3, -0.25) is 14.4 Å². The molecule has 0 aromatic heterocycles. The van der Waals surface area contributed by atoms with Gasteiger partial charge in [0.2, 0.25) is 5.91 Å².